The highest BCUT2D eigenvalue weighted by Gasteiger charge is 2.10. The normalized spacial score (nSPS) is 14.7. The number of rotatable bonds is 4. The minimum absolute atomic E-state index is 0.328. The Labute approximate surface area is 91.3 Å². The van der Waals surface area contributed by atoms with Crippen LogP contribution < -0.4 is 11.1 Å². The van der Waals surface area contributed by atoms with Gasteiger partial charge in [-0.25, -0.2) is 4.98 Å². The summed E-state index contributed by atoms with van der Waals surface area (Å²) in [5.74, 6) is 1.75. The molecule has 0 aromatic carbocycles. The van der Waals surface area contributed by atoms with Crippen LogP contribution in [0.25, 0.3) is 0 Å². The van der Waals surface area contributed by atoms with Crippen molar-refractivity contribution in [3.05, 3.63) is 11.8 Å². The van der Waals surface area contributed by atoms with Crippen LogP contribution >= 0.6 is 0 Å². The number of aryl methyl sites for hydroxylation is 1. The van der Waals surface area contributed by atoms with Crippen LogP contribution in [-0.2, 0) is 0 Å². The number of nitrogens with one attached hydrogen (secondary N) is 1. The molecule has 4 heteroatoms. The molecule has 1 rings (SSSR count). The van der Waals surface area contributed by atoms with Gasteiger partial charge >= 0.3 is 0 Å². The lowest BCUT2D eigenvalue weighted by Crippen LogP contribution is -2.24. The van der Waals surface area contributed by atoms with Gasteiger partial charge in [0.15, 0.2) is 0 Å². The number of aromatic nitrogens is 2. The first-order valence-corrected chi connectivity index (χ1v) is 5.40. The van der Waals surface area contributed by atoms with E-state index in [0.29, 0.717) is 17.9 Å². The van der Waals surface area contributed by atoms with Crippen LogP contribution in [-0.4, -0.2) is 16.0 Å². The molecule has 0 aliphatic carbocycles. The quantitative estimate of drug-likeness (QED) is 0.796. The van der Waals surface area contributed by atoms with Crippen LogP contribution in [0, 0.1) is 12.8 Å². The molecular formula is C11H20N4. The third kappa shape index (κ3) is 3.38. The van der Waals surface area contributed by atoms with Gasteiger partial charge in [-0.05, 0) is 19.8 Å². The number of hydrogen-bond acceptors (Lipinski definition) is 4. The van der Waals surface area contributed by atoms with Crippen LogP contribution in [0.4, 0.5) is 11.8 Å². The standard InChI is InChI=1S/C11H20N4/c1-5-7(2)9(4)14-10-6-8(3)13-11(12)15-10/h6-7,9H,5H2,1-4H3,(H3,12,13,14,15). The lowest BCUT2D eigenvalue weighted by Gasteiger charge is -2.20. The van der Waals surface area contributed by atoms with E-state index in [1.807, 2.05) is 13.0 Å². The Morgan fingerprint density at radius 1 is 1.40 bits per heavy atom. The van der Waals surface area contributed by atoms with E-state index < -0.39 is 0 Å². The second-order valence-electron chi connectivity index (χ2n) is 4.07. The minimum atomic E-state index is 0.328. The molecule has 4 nitrogen and oxygen atoms in total. The summed E-state index contributed by atoms with van der Waals surface area (Å²) < 4.78 is 0. The Balaban J connectivity index is 2.72. The zero-order valence-electron chi connectivity index (χ0n) is 9.91. The molecular weight excluding hydrogens is 188 g/mol. The van der Waals surface area contributed by atoms with Gasteiger partial charge in [0.25, 0.3) is 0 Å². The van der Waals surface area contributed by atoms with E-state index in [2.05, 4.69) is 36.1 Å². The Morgan fingerprint density at radius 2 is 2.07 bits per heavy atom. The fraction of sp³-hybridized carbons (Fsp3) is 0.636. The number of nitrogens with zero attached hydrogens (tertiary/aromatic N) is 2. The smallest absolute Gasteiger partial charge is 0.222 e. The van der Waals surface area contributed by atoms with Crippen molar-refractivity contribution in [1.82, 2.24) is 9.97 Å². The molecule has 1 aromatic rings. The molecule has 0 aliphatic rings. The second-order valence-corrected chi connectivity index (χ2v) is 4.07. The Morgan fingerprint density at radius 3 is 2.60 bits per heavy atom. The summed E-state index contributed by atoms with van der Waals surface area (Å²) >= 11 is 0. The van der Waals surface area contributed by atoms with E-state index in [1.54, 1.807) is 0 Å². The van der Waals surface area contributed by atoms with Crippen molar-refractivity contribution in [3.63, 3.8) is 0 Å². The third-order valence-electron chi connectivity index (χ3n) is 2.74. The summed E-state index contributed by atoms with van der Waals surface area (Å²) in [4.78, 5) is 8.18. The Bertz CT molecular complexity index is 304. The van der Waals surface area contributed by atoms with Crippen molar-refractivity contribution in [2.24, 2.45) is 5.92 Å². The average Bonchev–Trinajstić information content (AvgIpc) is 2.14. The predicted molar refractivity (Wildman–Crippen MR) is 63.7 cm³/mol. The van der Waals surface area contributed by atoms with E-state index in [-0.39, 0.29) is 0 Å². The van der Waals surface area contributed by atoms with Crippen molar-refractivity contribution in [2.75, 3.05) is 11.1 Å². The van der Waals surface area contributed by atoms with E-state index in [4.69, 9.17) is 5.73 Å². The maximum Gasteiger partial charge on any atom is 0.222 e. The molecule has 1 heterocycles. The van der Waals surface area contributed by atoms with Crippen molar-refractivity contribution in [3.8, 4) is 0 Å². The van der Waals surface area contributed by atoms with Gasteiger partial charge in [0.05, 0.1) is 0 Å². The Hall–Kier alpha value is -1.32. The predicted octanol–water partition coefficient (Wildman–Crippen LogP) is 2.21. The summed E-state index contributed by atoms with van der Waals surface area (Å²) in [7, 11) is 0. The Kier molecular flexibility index (Phi) is 3.88. The molecule has 2 atom stereocenters. The number of hydrogen-bond donors (Lipinski definition) is 2. The highest BCUT2D eigenvalue weighted by molar-refractivity contribution is 5.40. The summed E-state index contributed by atoms with van der Waals surface area (Å²) in [5, 5.41) is 3.34. The topological polar surface area (TPSA) is 63.8 Å². The minimum Gasteiger partial charge on any atom is -0.368 e. The van der Waals surface area contributed by atoms with Gasteiger partial charge in [-0.3, -0.25) is 0 Å². The summed E-state index contributed by atoms with van der Waals surface area (Å²) in [6, 6.07) is 2.30. The van der Waals surface area contributed by atoms with Crippen LogP contribution in [0.1, 0.15) is 32.9 Å². The van der Waals surface area contributed by atoms with Gasteiger partial charge < -0.3 is 11.1 Å². The lowest BCUT2D eigenvalue weighted by molar-refractivity contribution is 0.493. The molecule has 0 fully saturated rings. The molecule has 3 N–H and O–H groups in total. The molecule has 0 radical (unpaired) electrons. The van der Waals surface area contributed by atoms with E-state index >= 15 is 0 Å². The second kappa shape index (κ2) is 4.96. The summed E-state index contributed by atoms with van der Waals surface area (Å²) in [6.07, 6.45) is 1.15. The molecule has 15 heavy (non-hydrogen) atoms. The first-order valence-electron chi connectivity index (χ1n) is 5.40. The highest BCUT2D eigenvalue weighted by atomic mass is 15.1. The van der Waals surface area contributed by atoms with Crippen molar-refractivity contribution < 1.29 is 0 Å². The average molecular weight is 208 g/mol. The third-order valence-corrected chi connectivity index (χ3v) is 2.74. The van der Waals surface area contributed by atoms with E-state index in [9.17, 15) is 0 Å². The van der Waals surface area contributed by atoms with Crippen LogP contribution in [0.3, 0.4) is 0 Å². The first kappa shape index (κ1) is 11.8. The first-order chi connectivity index (χ1) is 7.02. The molecule has 2 unspecified atom stereocenters. The fourth-order valence-corrected chi connectivity index (χ4v) is 1.39. The van der Waals surface area contributed by atoms with Crippen molar-refractivity contribution in [2.45, 2.75) is 40.2 Å². The molecule has 0 saturated heterocycles. The number of nitrogens with two attached hydrogens (primary N) is 1. The molecule has 84 valence electrons. The maximum absolute atomic E-state index is 5.58. The lowest BCUT2D eigenvalue weighted by atomic mass is 10.0. The summed E-state index contributed by atoms with van der Waals surface area (Å²) in [6.45, 7) is 8.47. The highest BCUT2D eigenvalue weighted by Crippen LogP contribution is 2.14. The number of nitrogen functional groups attached to an aromatic ring is 1. The largest absolute Gasteiger partial charge is 0.368 e. The van der Waals surface area contributed by atoms with Crippen molar-refractivity contribution in [1.29, 1.82) is 0 Å². The van der Waals surface area contributed by atoms with Crippen LogP contribution in [0.5, 0.6) is 0 Å². The van der Waals surface area contributed by atoms with E-state index in [0.717, 1.165) is 17.9 Å². The monoisotopic (exact) mass is 208 g/mol. The molecule has 0 bridgehead atoms. The van der Waals surface area contributed by atoms with Gasteiger partial charge in [0, 0.05) is 17.8 Å². The van der Waals surface area contributed by atoms with Crippen molar-refractivity contribution >= 4 is 11.8 Å². The van der Waals surface area contributed by atoms with E-state index in [1.165, 1.54) is 0 Å². The molecule has 0 saturated carbocycles. The van der Waals surface area contributed by atoms with Gasteiger partial charge in [-0.15, -0.1) is 0 Å². The molecule has 0 aliphatic heterocycles. The van der Waals surface area contributed by atoms with Gasteiger partial charge in [0.2, 0.25) is 5.95 Å². The number of anilines is 2. The molecule has 0 amide bonds. The van der Waals surface area contributed by atoms with Gasteiger partial charge in [-0.2, -0.15) is 4.98 Å². The van der Waals surface area contributed by atoms with Gasteiger partial charge in [0.1, 0.15) is 5.82 Å². The maximum atomic E-state index is 5.58. The van der Waals surface area contributed by atoms with Crippen LogP contribution in [0.2, 0.25) is 0 Å². The van der Waals surface area contributed by atoms with Gasteiger partial charge in [-0.1, -0.05) is 20.3 Å². The molecule has 1 aromatic heterocycles. The zero-order valence-corrected chi connectivity index (χ0v) is 9.91. The van der Waals surface area contributed by atoms with Crippen LogP contribution in [0.15, 0.2) is 6.07 Å². The summed E-state index contributed by atoms with van der Waals surface area (Å²) in [5.41, 5.74) is 6.47. The zero-order chi connectivity index (χ0) is 11.4. The molecule has 0 spiro atoms. The fourth-order valence-electron chi connectivity index (χ4n) is 1.39. The SMILES string of the molecule is CCC(C)C(C)Nc1cc(C)nc(N)n1.